The second-order valence-corrected chi connectivity index (χ2v) is 11.2. The van der Waals surface area contributed by atoms with Crippen molar-refractivity contribution in [3.05, 3.63) is 65.2 Å². The fourth-order valence-electron chi connectivity index (χ4n) is 6.65. The van der Waals surface area contributed by atoms with E-state index in [0.717, 1.165) is 43.7 Å². The molecule has 3 aliphatic carbocycles. The maximum absolute atomic E-state index is 10.8. The number of phenols is 1. The summed E-state index contributed by atoms with van der Waals surface area (Å²) in [6, 6.07) is 14.0. The highest BCUT2D eigenvalue weighted by atomic mass is 32.2. The van der Waals surface area contributed by atoms with Crippen LogP contribution in [0.25, 0.3) is 6.08 Å². The van der Waals surface area contributed by atoms with Gasteiger partial charge < -0.3 is 15.3 Å². The van der Waals surface area contributed by atoms with Crippen LogP contribution in [0.1, 0.15) is 55.2 Å². The standard InChI is InChI=1S/C27H30O4S/c1-27-13-12-21-20-8-5-18(28)14-17(20)15-23(26(21)22(27)9-10-24(27)29)32-19-6-2-16(3-7-19)4-11-25(30)31/h2-8,11,14,21-24,26,28-29H,9-10,12-13,15H2,1H3,(H,30,31)/t21-,22+,23?,24?,26-,27+/m1/s1. The van der Waals surface area contributed by atoms with Gasteiger partial charge in [0.25, 0.3) is 0 Å². The molecule has 32 heavy (non-hydrogen) atoms. The fourth-order valence-corrected chi connectivity index (χ4v) is 8.09. The van der Waals surface area contributed by atoms with Crippen molar-refractivity contribution in [3.63, 3.8) is 0 Å². The summed E-state index contributed by atoms with van der Waals surface area (Å²) < 4.78 is 0. The smallest absolute Gasteiger partial charge is 0.328 e. The van der Waals surface area contributed by atoms with Gasteiger partial charge >= 0.3 is 5.97 Å². The Morgan fingerprint density at radius 1 is 1.12 bits per heavy atom. The average molecular weight is 451 g/mol. The minimum atomic E-state index is -0.947. The lowest BCUT2D eigenvalue weighted by atomic mass is 9.55. The number of rotatable bonds is 4. The molecular formula is C27H30O4S. The van der Waals surface area contributed by atoms with Gasteiger partial charge in [0.2, 0.25) is 0 Å². The first kappa shape index (κ1) is 21.6. The number of aliphatic carboxylic acids is 1. The molecule has 3 N–H and O–H groups in total. The number of carboxylic acids is 1. The van der Waals surface area contributed by atoms with Crippen LogP contribution in [0.15, 0.2) is 53.4 Å². The molecule has 0 aliphatic heterocycles. The highest BCUT2D eigenvalue weighted by Gasteiger charge is 2.56. The first-order valence-electron chi connectivity index (χ1n) is 11.5. The molecule has 168 valence electrons. The van der Waals surface area contributed by atoms with Crippen molar-refractivity contribution in [2.75, 3.05) is 0 Å². The summed E-state index contributed by atoms with van der Waals surface area (Å²) >= 11 is 1.90. The minimum absolute atomic E-state index is 0.000116. The first-order valence-corrected chi connectivity index (χ1v) is 12.4. The lowest BCUT2D eigenvalue weighted by Crippen LogP contribution is -2.48. The molecule has 0 saturated heterocycles. The van der Waals surface area contributed by atoms with E-state index in [1.807, 2.05) is 36.0 Å². The third-order valence-electron chi connectivity index (χ3n) is 8.24. The van der Waals surface area contributed by atoms with Crippen LogP contribution in [0.3, 0.4) is 0 Å². The van der Waals surface area contributed by atoms with Gasteiger partial charge in [0, 0.05) is 16.2 Å². The van der Waals surface area contributed by atoms with E-state index in [1.165, 1.54) is 16.0 Å². The largest absolute Gasteiger partial charge is 0.508 e. The maximum atomic E-state index is 10.8. The molecule has 5 rings (SSSR count). The van der Waals surface area contributed by atoms with E-state index < -0.39 is 5.97 Å². The minimum Gasteiger partial charge on any atom is -0.508 e. The van der Waals surface area contributed by atoms with E-state index in [9.17, 15) is 15.0 Å². The summed E-state index contributed by atoms with van der Waals surface area (Å²) in [6.07, 6.45) is 7.60. The normalized spacial score (nSPS) is 33.5. The first-order chi connectivity index (χ1) is 15.3. The molecule has 0 amide bonds. The topological polar surface area (TPSA) is 77.8 Å². The van der Waals surface area contributed by atoms with Crippen LogP contribution in [-0.4, -0.2) is 32.6 Å². The number of hydrogen-bond donors (Lipinski definition) is 3. The summed E-state index contributed by atoms with van der Waals surface area (Å²) in [6.45, 7) is 2.29. The Labute approximate surface area is 193 Å². The van der Waals surface area contributed by atoms with Gasteiger partial charge in [-0.2, -0.15) is 0 Å². The number of fused-ring (bicyclic) bond motifs is 5. The van der Waals surface area contributed by atoms with Gasteiger partial charge in [-0.25, -0.2) is 4.79 Å². The number of carboxylic acid groups (broad SMARTS) is 1. The van der Waals surface area contributed by atoms with Crippen molar-refractivity contribution < 1.29 is 20.1 Å². The third-order valence-corrected chi connectivity index (χ3v) is 9.57. The number of thioether (sulfide) groups is 1. The number of aliphatic hydroxyl groups is 1. The van der Waals surface area contributed by atoms with E-state index in [4.69, 9.17) is 5.11 Å². The summed E-state index contributed by atoms with van der Waals surface area (Å²) in [5, 5.41) is 30.2. The highest BCUT2D eigenvalue weighted by molar-refractivity contribution is 8.00. The number of aromatic hydroxyl groups is 1. The van der Waals surface area contributed by atoms with Crippen LogP contribution in [0.4, 0.5) is 0 Å². The van der Waals surface area contributed by atoms with Gasteiger partial charge in [-0.15, -0.1) is 11.8 Å². The Morgan fingerprint density at radius 2 is 1.91 bits per heavy atom. The van der Waals surface area contributed by atoms with Gasteiger partial charge in [0.1, 0.15) is 5.75 Å². The van der Waals surface area contributed by atoms with E-state index >= 15 is 0 Å². The molecule has 5 heteroatoms. The zero-order chi connectivity index (χ0) is 22.5. The molecule has 2 unspecified atom stereocenters. The fraction of sp³-hybridized carbons (Fsp3) is 0.444. The van der Waals surface area contributed by atoms with Crippen LogP contribution in [0, 0.1) is 17.3 Å². The molecule has 2 aromatic carbocycles. The molecule has 0 aromatic heterocycles. The molecule has 2 fully saturated rings. The van der Waals surface area contributed by atoms with Gasteiger partial charge in [-0.1, -0.05) is 25.1 Å². The van der Waals surface area contributed by atoms with Crippen LogP contribution in [0.5, 0.6) is 5.75 Å². The Kier molecular flexibility index (Phi) is 5.58. The van der Waals surface area contributed by atoms with E-state index in [2.05, 4.69) is 25.1 Å². The zero-order valence-electron chi connectivity index (χ0n) is 18.3. The SMILES string of the molecule is C[C@]12CC[C@@H]3c4ccc(O)cc4CC(Sc4ccc(C=CC(=O)O)cc4)[C@H]3[C@@H]1CCC2O. The van der Waals surface area contributed by atoms with Gasteiger partial charge in [-0.05, 0) is 102 Å². The number of hydrogen-bond acceptors (Lipinski definition) is 4. The maximum Gasteiger partial charge on any atom is 0.328 e. The van der Waals surface area contributed by atoms with Gasteiger partial charge in [0.15, 0.2) is 0 Å². The second-order valence-electron chi connectivity index (χ2n) is 9.91. The van der Waals surface area contributed by atoms with Crippen molar-refractivity contribution >= 4 is 23.8 Å². The Hall–Kier alpha value is -2.24. The molecule has 0 spiro atoms. The summed E-state index contributed by atoms with van der Waals surface area (Å²) in [5.41, 5.74) is 3.52. The monoisotopic (exact) mass is 450 g/mol. The zero-order valence-corrected chi connectivity index (χ0v) is 19.1. The Bertz CT molecular complexity index is 1050. The molecule has 0 heterocycles. The quantitative estimate of drug-likeness (QED) is 0.538. The third kappa shape index (κ3) is 3.75. The highest BCUT2D eigenvalue weighted by Crippen LogP contribution is 2.62. The second kappa shape index (κ2) is 8.27. The van der Waals surface area contributed by atoms with E-state index in [1.54, 1.807) is 6.08 Å². The Morgan fingerprint density at radius 3 is 2.66 bits per heavy atom. The predicted octanol–water partition coefficient (Wildman–Crippen LogP) is 5.48. The van der Waals surface area contributed by atoms with Crippen molar-refractivity contribution in [1.29, 1.82) is 0 Å². The molecule has 4 nitrogen and oxygen atoms in total. The van der Waals surface area contributed by atoms with Crippen LogP contribution in [-0.2, 0) is 11.2 Å². The molecule has 6 atom stereocenters. The van der Waals surface area contributed by atoms with Crippen LogP contribution in [0.2, 0.25) is 0 Å². The Balaban J connectivity index is 1.47. The predicted molar refractivity (Wildman–Crippen MR) is 127 cm³/mol. The van der Waals surface area contributed by atoms with Gasteiger partial charge in [-0.3, -0.25) is 0 Å². The lowest BCUT2D eigenvalue weighted by Gasteiger charge is -2.52. The lowest BCUT2D eigenvalue weighted by molar-refractivity contribution is -0.131. The molecule has 0 radical (unpaired) electrons. The van der Waals surface area contributed by atoms with Crippen LogP contribution >= 0.6 is 11.8 Å². The molecule has 0 bridgehead atoms. The summed E-state index contributed by atoms with van der Waals surface area (Å²) in [7, 11) is 0. The molecule has 3 aliphatic rings. The summed E-state index contributed by atoms with van der Waals surface area (Å²) in [5.74, 6) is 0.862. The number of carbonyl (C=O) groups is 1. The summed E-state index contributed by atoms with van der Waals surface area (Å²) in [4.78, 5) is 12.0. The van der Waals surface area contributed by atoms with E-state index in [0.29, 0.717) is 28.8 Å². The molecule has 2 aromatic rings. The molecular weight excluding hydrogens is 420 g/mol. The average Bonchev–Trinajstić information content (AvgIpc) is 3.07. The number of benzene rings is 2. The molecule has 2 saturated carbocycles. The van der Waals surface area contributed by atoms with Crippen LogP contribution < -0.4 is 0 Å². The van der Waals surface area contributed by atoms with Crippen molar-refractivity contribution in [2.24, 2.45) is 17.3 Å². The van der Waals surface area contributed by atoms with Crippen molar-refractivity contribution in [3.8, 4) is 5.75 Å². The van der Waals surface area contributed by atoms with Crippen molar-refractivity contribution in [1.82, 2.24) is 0 Å². The van der Waals surface area contributed by atoms with E-state index in [-0.39, 0.29) is 11.5 Å². The number of aliphatic hydroxyl groups excluding tert-OH is 1. The van der Waals surface area contributed by atoms with Gasteiger partial charge in [0.05, 0.1) is 6.10 Å². The number of phenolic OH excluding ortho intramolecular Hbond substituents is 1. The van der Waals surface area contributed by atoms with Crippen molar-refractivity contribution in [2.45, 2.75) is 61.2 Å².